The molecule has 5 nitrogen and oxygen atoms in total. The second-order valence-electron chi connectivity index (χ2n) is 5.46. The maximum absolute atomic E-state index is 5.14. The van der Waals surface area contributed by atoms with Crippen molar-refractivity contribution in [2.45, 2.75) is 41.2 Å². The summed E-state index contributed by atoms with van der Waals surface area (Å²) >= 11 is 5.14. The number of H-pyrrole nitrogens is 1. The van der Waals surface area contributed by atoms with Gasteiger partial charge in [0.05, 0.1) is 6.21 Å². The molecule has 0 bridgehead atoms. The van der Waals surface area contributed by atoms with Crippen LogP contribution >= 0.6 is 12.2 Å². The summed E-state index contributed by atoms with van der Waals surface area (Å²) in [4.78, 5) is 0. The number of hydrogen-bond donors (Lipinski definition) is 1. The summed E-state index contributed by atoms with van der Waals surface area (Å²) in [6.07, 6.45) is 1.84. The van der Waals surface area contributed by atoms with Gasteiger partial charge in [-0.05, 0) is 45.0 Å². The number of nitrogens with zero attached hydrogens (tertiary/aromatic N) is 4. The molecule has 0 aliphatic rings. The van der Waals surface area contributed by atoms with Gasteiger partial charge in [0, 0.05) is 23.5 Å². The Morgan fingerprint density at radius 3 is 2.65 bits per heavy atom. The number of rotatable bonds is 4. The van der Waals surface area contributed by atoms with Gasteiger partial charge in [-0.3, -0.25) is 5.10 Å². The van der Waals surface area contributed by atoms with Crippen LogP contribution in [-0.2, 0) is 6.54 Å². The summed E-state index contributed by atoms with van der Waals surface area (Å²) < 4.78 is 4.46. The summed E-state index contributed by atoms with van der Waals surface area (Å²) in [5, 5.41) is 11.2. The zero-order valence-corrected chi connectivity index (χ0v) is 13.5. The Labute approximate surface area is 124 Å². The minimum absolute atomic E-state index is 0.509. The average molecular weight is 291 g/mol. The highest BCUT2D eigenvalue weighted by atomic mass is 32.1. The first kappa shape index (κ1) is 14.7. The highest BCUT2D eigenvalue weighted by molar-refractivity contribution is 7.71. The van der Waals surface area contributed by atoms with Crippen LogP contribution in [0.4, 0.5) is 0 Å². The molecule has 0 radical (unpaired) electrons. The summed E-state index contributed by atoms with van der Waals surface area (Å²) in [6.45, 7) is 11.6. The summed E-state index contributed by atoms with van der Waals surface area (Å²) in [5.74, 6) is 1.37. The minimum atomic E-state index is 0.509. The largest absolute Gasteiger partial charge is 0.348 e. The predicted molar refractivity (Wildman–Crippen MR) is 83.9 cm³/mol. The van der Waals surface area contributed by atoms with E-state index in [1.807, 2.05) is 13.1 Å². The lowest BCUT2D eigenvalue weighted by Gasteiger charge is -2.11. The van der Waals surface area contributed by atoms with Crippen molar-refractivity contribution >= 4 is 18.4 Å². The smallest absolute Gasteiger partial charge is 0.216 e. The molecule has 2 aromatic heterocycles. The average Bonchev–Trinajstić information content (AvgIpc) is 2.82. The zero-order valence-electron chi connectivity index (χ0n) is 12.6. The van der Waals surface area contributed by atoms with Crippen molar-refractivity contribution in [3.05, 3.63) is 33.6 Å². The third-order valence-corrected chi connectivity index (χ3v) is 3.55. The van der Waals surface area contributed by atoms with Gasteiger partial charge in [0.1, 0.15) is 5.82 Å². The Kier molecular flexibility index (Phi) is 4.23. The van der Waals surface area contributed by atoms with E-state index < -0.39 is 0 Å². The van der Waals surface area contributed by atoms with E-state index >= 15 is 0 Å². The van der Waals surface area contributed by atoms with Gasteiger partial charge in [0.15, 0.2) is 0 Å². The standard InChI is InChI=1S/C14H21N5S/c1-9(2)8-18-10(3)6-13(11(18)4)7-15-19-12(5)16-17-14(19)20/h6-7,9H,8H2,1-5H3,(H,17,20). The molecule has 0 aliphatic heterocycles. The molecule has 0 unspecified atom stereocenters. The highest BCUT2D eigenvalue weighted by Gasteiger charge is 2.09. The van der Waals surface area contributed by atoms with Gasteiger partial charge >= 0.3 is 0 Å². The SMILES string of the molecule is Cc1cc(C=Nn2c(C)n[nH]c2=S)c(C)n1CC(C)C. The summed E-state index contributed by atoms with van der Waals surface area (Å²) in [7, 11) is 0. The molecule has 0 amide bonds. The van der Waals surface area contributed by atoms with Gasteiger partial charge in [0.25, 0.3) is 0 Å². The maximum Gasteiger partial charge on any atom is 0.216 e. The molecule has 0 spiro atoms. The quantitative estimate of drug-likeness (QED) is 0.694. The van der Waals surface area contributed by atoms with Crippen molar-refractivity contribution in [3.63, 3.8) is 0 Å². The highest BCUT2D eigenvalue weighted by Crippen LogP contribution is 2.15. The molecular weight excluding hydrogens is 270 g/mol. The lowest BCUT2D eigenvalue weighted by molar-refractivity contribution is 0.509. The number of aryl methyl sites for hydroxylation is 2. The predicted octanol–water partition coefficient (Wildman–Crippen LogP) is 3.21. The summed E-state index contributed by atoms with van der Waals surface area (Å²) in [5.41, 5.74) is 3.60. The molecule has 0 aromatic carbocycles. The van der Waals surface area contributed by atoms with Crippen molar-refractivity contribution in [2.24, 2.45) is 11.0 Å². The van der Waals surface area contributed by atoms with Crippen molar-refractivity contribution in [1.29, 1.82) is 0 Å². The van der Waals surface area contributed by atoms with E-state index in [9.17, 15) is 0 Å². The number of aromatic amines is 1. The second-order valence-corrected chi connectivity index (χ2v) is 5.85. The molecule has 0 fully saturated rings. The zero-order chi connectivity index (χ0) is 14.9. The molecule has 1 N–H and O–H groups in total. The van der Waals surface area contributed by atoms with Crippen LogP contribution in [0.15, 0.2) is 11.2 Å². The number of hydrogen-bond acceptors (Lipinski definition) is 3. The fraction of sp³-hybridized carbons (Fsp3) is 0.500. The molecule has 108 valence electrons. The Balaban J connectivity index is 2.33. The van der Waals surface area contributed by atoms with Crippen molar-refractivity contribution < 1.29 is 0 Å². The summed E-state index contributed by atoms with van der Waals surface area (Å²) in [6, 6.07) is 2.15. The lowest BCUT2D eigenvalue weighted by Crippen LogP contribution is -2.08. The number of nitrogens with one attached hydrogen (secondary N) is 1. The Bertz CT molecular complexity index is 687. The van der Waals surface area contributed by atoms with Crippen LogP contribution in [0.25, 0.3) is 0 Å². The van der Waals surface area contributed by atoms with Gasteiger partial charge in [-0.15, -0.1) is 0 Å². The lowest BCUT2D eigenvalue weighted by atomic mass is 10.2. The molecule has 2 heterocycles. The molecule has 0 aliphatic carbocycles. The Morgan fingerprint density at radius 1 is 1.40 bits per heavy atom. The van der Waals surface area contributed by atoms with Gasteiger partial charge < -0.3 is 4.57 Å². The molecule has 0 saturated carbocycles. The van der Waals surface area contributed by atoms with Crippen LogP contribution in [0, 0.1) is 31.5 Å². The van der Waals surface area contributed by atoms with Crippen molar-refractivity contribution in [3.8, 4) is 0 Å². The molecule has 2 aromatic rings. The maximum atomic E-state index is 5.14. The monoisotopic (exact) mass is 291 g/mol. The van der Waals surface area contributed by atoms with E-state index in [1.165, 1.54) is 11.4 Å². The van der Waals surface area contributed by atoms with Gasteiger partial charge in [0.2, 0.25) is 4.77 Å². The van der Waals surface area contributed by atoms with Crippen LogP contribution in [0.3, 0.4) is 0 Å². The molecule has 20 heavy (non-hydrogen) atoms. The van der Waals surface area contributed by atoms with Crippen molar-refractivity contribution in [1.82, 2.24) is 19.4 Å². The van der Waals surface area contributed by atoms with E-state index in [4.69, 9.17) is 12.2 Å². The van der Waals surface area contributed by atoms with Crippen molar-refractivity contribution in [2.75, 3.05) is 0 Å². The first-order valence-corrected chi connectivity index (χ1v) is 7.16. The van der Waals surface area contributed by atoms with E-state index in [0.717, 1.165) is 17.9 Å². The first-order valence-electron chi connectivity index (χ1n) is 6.75. The van der Waals surface area contributed by atoms with E-state index in [1.54, 1.807) is 4.68 Å². The van der Waals surface area contributed by atoms with E-state index in [0.29, 0.717) is 10.7 Å². The van der Waals surface area contributed by atoms with Gasteiger partial charge in [-0.2, -0.15) is 14.9 Å². The Hall–Kier alpha value is -1.69. The molecule has 6 heteroatoms. The topological polar surface area (TPSA) is 50.9 Å². The van der Waals surface area contributed by atoms with Gasteiger partial charge in [-0.1, -0.05) is 13.8 Å². The fourth-order valence-corrected chi connectivity index (χ4v) is 2.46. The fourth-order valence-electron chi connectivity index (χ4n) is 2.23. The molecular formula is C14H21N5S. The third kappa shape index (κ3) is 2.90. The van der Waals surface area contributed by atoms with Crippen LogP contribution < -0.4 is 0 Å². The normalized spacial score (nSPS) is 11.9. The minimum Gasteiger partial charge on any atom is -0.348 e. The van der Waals surface area contributed by atoms with Crippen LogP contribution in [-0.4, -0.2) is 25.7 Å². The molecule has 0 atom stereocenters. The van der Waals surface area contributed by atoms with Crippen LogP contribution in [0.5, 0.6) is 0 Å². The first-order chi connectivity index (χ1) is 9.40. The van der Waals surface area contributed by atoms with E-state index in [-0.39, 0.29) is 0 Å². The van der Waals surface area contributed by atoms with Crippen LogP contribution in [0.2, 0.25) is 0 Å². The molecule has 0 saturated heterocycles. The molecule has 2 rings (SSSR count). The van der Waals surface area contributed by atoms with E-state index in [2.05, 4.69) is 53.6 Å². The Morgan fingerprint density at radius 2 is 2.10 bits per heavy atom. The number of aromatic nitrogens is 4. The van der Waals surface area contributed by atoms with Crippen LogP contribution in [0.1, 0.15) is 36.6 Å². The second kappa shape index (κ2) is 5.75. The third-order valence-electron chi connectivity index (χ3n) is 3.29. The van der Waals surface area contributed by atoms with Gasteiger partial charge in [-0.25, -0.2) is 0 Å².